The van der Waals surface area contributed by atoms with Gasteiger partial charge in [-0.25, -0.2) is 0 Å². The van der Waals surface area contributed by atoms with Gasteiger partial charge in [0.2, 0.25) is 0 Å². The van der Waals surface area contributed by atoms with Gasteiger partial charge in [-0.15, -0.1) is 0 Å². The van der Waals surface area contributed by atoms with Crippen LogP contribution in [0.1, 0.15) is 41.5 Å². The minimum Gasteiger partial charge on any atom is -0.438 e. The summed E-state index contributed by atoms with van der Waals surface area (Å²) in [5.74, 6) is 2.06. The highest BCUT2D eigenvalue weighted by atomic mass is 15.3. The van der Waals surface area contributed by atoms with Gasteiger partial charge in [0.1, 0.15) is 0 Å². The lowest BCUT2D eigenvalue weighted by molar-refractivity contribution is -0.720. The van der Waals surface area contributed by atoms with Gasteiger partial charge in [0.25, 0.3) is 7.55 Å². The first kappa shape index (κ1) is 16.1. The van der Waals surface area contributed by atoms with E-state index >= 15 is 0 Å². The van der Waals surface area contributed by atoms with Gasteiger partial charge in [-0.3, -0.25) is 0 Å². The Balaban J connectivity index is 2.69. The van der Waals surface area contributed by atoms with Crippen LogP contribution in [0.2, 0.25) is 0 Å². The summed E-state index contributed by atoms with van der Waals surface area (Å²) in [5, 5.41) is 3.36. The summed E-state index contributed by atoms with van der Waals surface area (Å²) in [6.45, 7) is 17.1. The molecule has 0 saturated carbocycles. The summed E-state index contributed by atoms with van der Waals surface area (Å²) in [6, 6.07) is 0. The number of hydrogen-bond acceptors (Lipinski definition) is 2. The highest BCUT2D eigenvalue weighted by Crippen LogP contribution is 2.15. The Morgan fingerprint density at radius 2 is 1.50 bits per heavy atom. The molecule has 0 spiro atoms. The van der Waals surface area contributed by atoms with Crippen LogP contribution in [0.5, 0.6) is 0 Å². The molecule has 0 atom stereocenters. The third kappa shape index (κ3) is 5.37. The van der Waals surface area contributed by atoms with Crippen molar-refractivity contribution in [1.82, 2.24) is 9.86 Å². The molecule has 0 aliphatic carbocycles. The van der Waals surface area contributed by atoms with E-state index in [1.165, 1.54) is 0 Å². The maximum absolute atomic E-state index is 3.36. The summed E-state index contributed by atoms with van der Waals surface area (Å²) in [4.78, 5) is 0. The predicted molar refractivity (Wildman–Crippen MR) is 81.6 cm³/mol. The smallest absolute Gasteiger partial charge is 0.438 e. The van der Waals surface area contributed by atoms with E-state index < -0.39 is 0 Å². The van der Waals surface area contributed by atoms with Crippen LogP contribution in [0.3, 0.4) is 0 Å². The molecule has 1 fully saturated rings. The minimum atomic E-state index is 0.678. The first-order chi connectivity index (χ1) is 8.33. The summed E-state index contributed by atoms with van der Waals surface area (Å²) in [6.07, 6.45) is 0. The average Bonchev–Trinajstić information content (AvgIpc) is 2.12. The van der Waals surface area contributed by atoms with Crippen molar-refractivity contribution >= 4 is 22.6 Å². The number of quaternary nitrogens is 1. The van der Waals surface area contributed by atoms with E-state index in [0.29, 0.717) is 17.8 Å². The van der Waals surface area contributed by atoms with E-state index in [9.17, 15) is 0 Å². The highest BCUT2D eigenvalue weighted by Gasteiger charge is 2.41. The molecule has 0 amide bonds. The van der Waals surface area contributed by atoms with Crippen molar-refractivity contribution in [3.8, 4) is 0 Å². The Morgan fingerprint density at radius 3 is 1.94 bits per heavy atom. The fourth-order valence-corrected chi connectivity index (χ4v) is 2.79. The van der Waals surface area contributed by atoms with Crippen molar-refractivity contribution in [3.63, 3.8) is 0 Å². The SMILES string of the molecule is CC(C)CN1[B]N[B][N+](CC(C)C)(CC(C)C)[B]1. The second-order valence-electron chi connectivity index (χ2n) is 6.89. The molecular weight excluding hydrogens is 219 g/mol. The van der Waals surface area contributed by atoms with Crippen molar-refractivity contribution in [3.05, 3.63) is 0 Å². The van der Waals surface area contributed by atoms with E-state index in [-0.39, 0.29) is 0 Å². The number of rotatable bonds is 6. The van der Waals surface area contributed by atoms with Gasteiger partial charge in [-0.1, -0.05) is 41.5 Å². The Hall–Kier alpha value is 0.0748. The van der Waals surface area contributed by atoms with Gasteiger partial charge in [0.05, 0.1) is 0 Å². The molecule has 1 saturated heterocycles. The van der Waals surface area contributed by atoms with Crippen LogP contribution in [-0.4, -0.2) is 51.3 Å². The zero-order valence-electron chi connectivity index (χ0n) is 13.0. The normalized spacial score (nSPS) is 19.8. The molecule has 0 bridgehead atoms. The van der Waals surface area contributed by atoms with Crippen LogP contribution in [-0.2, 0) is 0 Å². The molecule has 1 heterocycles. The fourth-order valence-electron chi connectivity index (χ4n) is 2.79. The molecule has 18 heavy (non-hydrogen) atoms. The molecule has 99 valence electrons. The molecule has 1 N–H and O–H groups in total. The maximum Gasteiger partial charge on any atom is 0.525 e. The zero-order chi connectivity index (χ0) is 13.8. The van der Waals surface area contributed by atoms with E-state index in [1.54, 1.807) is 0 Å². The second kappa shape index (κ2) is 7.02. The first-order valence-electron chi connectivity index (χ1n) is 7.25. The van der Waals surface area contributed by atoms with Gasteiger partial charge >= 0.3 is 15.1 Å². The lowest BCUT2D eigenvalue weighted by Gasteiger charge is -2.46. The minimum absolute atomic E-state index is 0.678. The third-order valence-electron chi connectivity index (χ3n) is 2.94. The van der Waals surface area contributed by atoms with Crippen molar-refractivity contribution in [1.29, 1.82) is 0 Å². The van der Waals surface area contributed by atoms with Gasteiger partial charge in [0, 0.05) is 13.1 Å². The van der Waals surface area contributed by atoms with E-state index in [4.69, 9.17) is 0 Å². The van der Waals surface area contributed by atoms with E-state index in [1.807, 2.05) is 0 Å². The van der Waals surface area contributed by atoms with Crippen LogP contribution < -0.4 is 5.14 Å². The molecule has 6 heteroatoms. The Kier molecular flexibility index (Phi) is 6.29. The maximum atomic E-state index is 3.36. The predicted octanol–water partition coefficient (Wildman–Crippen LogP) is 1.28. The van der Waals surface area contributed by atoms with Crippen LogP contribution in [0, 0.1) is 17.8 Å². The zero-order valence-corrected chi connectivity index (χ0v) is 13.0. The second-order valence-corrected chi connectivity index (χ2v) is 6.89. The molecule has 1 rings (SSSR count). The number of hydrogen-bond donors (Lipinski definition) is 1. The molecule has 1 aliphatic rings. The average molecular weight is 247 g/mol. The van der Waals surface area contributed by atoms with Crippen LogP contribution >= 0.6 is 0 Å². The van der Waals surface area contributed by atoms with E-state index in [2.05, 4.69) is 74.1 Å². The topological polar surface area (TPSA) is 15.3 Å². The molecule has 0 unspecified atom stereocenters. The quantitative estimate of drug-likeness (QED) is 0.711. The number of nitrogens with zero attached hydrogens (tertiary/aromatic N) is 2. The van der Waals surface area contributed by atoms with Crippen molar-refractivity contribution in [2.45, 2.75) is 41.5 Å². The van der Waals surface area contributed by atoms with Gasteiger partial charge < -0.3 is 14.2 Å². The lowest BCUT2D eigenvalue weighted by atomic mass is 9.70. The Labute approximate surface area is 116 Å². The molecule has 0 aromatic carbocycles. The van der Waals surface area contributed by atoms with Crippen LogP contribution in [0.25, 0.3) is 0 Å². The summed E-state index contributed by atoms with van der Waals surface area (Å²) in [7, 11) is 6.70. The summed E-state index contributed by atoms with van der Waals surface area (Å²) >= 11 is 0. The first-order valence-corrected chi connectivity index (χ1v) is 7.25. The highest BCUT2D eigenvalue weighted by molar-refractivity contribution is 6.59. The van der Waals surface area contributed by atoms with Crippen molar-refractivity contribution in [2.24, 2.45) is 17.8 Å². The van der Waals surface area contributed by atoms with Crippen molar-refractivity contribution < 1.29 is 4.31 Å². The van der Waals surface area contributed by atoms with Gasteiger partial charge in [0.15, 0.2) is 0 Å². The molecule has 1 aliphatic heterocycles. The summed E-state index contributed by atoms with van der Waals surface area (Å²) < 4.78 is 3.26. The molecular formula is C12H28B3N3+. The lowest BCUT2D eigenvalue weighted by Crippen LogP contribution is -2.72. The summed E-state index contributed by atoms with van der Waals surface area (Å²) in [5.41, 5.74) is 0. The molecule has 0 aromatic heterocycles. The molecule has 0 aromatic rings. The van der Waals surface area contributed by atoms with Gasteiger partial charge in [-0.2, -0.15) is 0 Å². The third-order valence-corrected chi connectivity index (χ3v) is 2.94. The Bertz CT molecular complexity index is 237. The van der Waals surface area contributed by atoms with Crippen LogP contribution in [0.15, 0.2) is 0 Å². The van der Waals surface area contributed by atoms with E-state index in [0.717, 1.165) is 23.9 Å². The van der Waals surface area contributed by atoms with Crippen LogP contribution in [0.4, 0.5) is 0 Å². The van der Waals surface area contributed by atoms with Gasteiger partial charge in [-0.05, 0) is 24.3 Å². The Morgan fingerprint density at radius 1 is 0.944 bits per heavy atom. The monoisotopic (exact) mass is 247 g/mol. The molecule has 3 radical (unpaired) electrons. The fraction of sp³-hybridized carbons (Fsp3) is 1.00. The standard InChI is InChI=1S/C12H28B3N3/c1-10(2)7-17-13-16-14-18(15-17,8-11(3)4)9-12(5)6/h10-12,16H,7-9H2,1-6H3/q+1. The number of nitrogens with one attached hydrogen (secondary N) is 1. The molecule has 3 nitrogen and oxygen atoms in total. The van der Waals surface area contributed by atoms with Crippen molar-refractivity contribution in [2.75, 3.05) is 19.6 Å². The largest absolute Gasteiger partial charge is 0.525 e.